The fourth-order valence-corrected chi connectivity index (χ4v) is 2.55. The Bertz CT molecular complexity index is 441. The first-order valence-electron chi connectivity index (χ1n) is 6.86. The molecule has 2 heterocycles. The van der Waals surface area contributed by atoms with Gasteiger partial charge in [0.05, 0.1) is 0 Å². The highest BCUT2D eigenvalue weighted by Crippen LogP contribution is 2.12. The molecule has 0 aromatic carbocycles. The molecule has 0 radical (unpaired) electrons. The third kappa shape index (κ3) is 3.67. The van der Waals surface area contributed by atoms with Crippen molar-refractivity contribution in [1.82, 2.24) is 15.2 Å². The fraction of sp³-hybridized carbons (Fsp3) is 0.571. The number of nitrogen functional groups attached to an aromatic ring is 1. The van der Waals surface area contributed by atoms with Crippen LogP contribution in [0, 0.1) is 6.92 Å². The van der Waals surface area contributed by atoms with Crippen molar-refractivity contribution < 1.29 is 4.79 Å². The van der Waals surface area contributed by atoms with Gasteiger partial charge in [0.2, 0.25) is 0 Å². The van der Waals surface area contributed by atoms with Crippen molar-refractivity contribution in [1.29, 1.82) is 0 Å². The molecule has 1 fully saturated rings. The molecule has 1 aliphatic heterocycles. The molecule has 1 aromatic heterocycles. The van der Waals surface area contributed by atoms with Gasteiger partial charge in [-0.25, -0.2) is 4.98 Å². The van der Waals surface area contributed by atoms with Gasteiger partial charge in [0, 0.05) is 23.8 Å². The maximum Gasteiger partial charge on any atom is 0.251 e. The minimum absolute atomic E-state index is 0.0554. The summed E-state index contributed by atoms with van der Waals surface area (Å²) >= 11 is 0. The van der Waals surface area contributed by atoms with Crippen LogP contribution in [-0.2, 0) is 0 Å². The van der Waals surface area contributed by atoms with Crippen LogP contribution in [0.5, 0.6) is 0 Å². The Morgan fingerprint density at radius 2 is 2.37 bits per heavy atom. The van der Waals surface area contributed by atoms with E-state index in [1.54, 1.807) is 12.1 Å². The Morgan fingerprint density at radius 1 is 1.58 bits per heavy atom. The lowest BCUT2D eigenvalue weighted by molar-refractivity contribution is 0.0905. The van der Waals surface area contributed by atoms with E-state index < -0.39 is 0 Å². The highest BCUT2D eigenvalue weighted by atomic mass is 16.1. The van der Waals surface area contributed by atoms with Gasteiger partial charge in [-0.2, -0.15) is 0 Å². The molecule has 5 heteroatoms. The summed E-state index contributed by atoms with van der Waals surface area (Å²) in [5.41, 5.74) is 7.04. The third-order valence-corrected chi connectivity index (χ3v) is 3.52. The molecule has 19 heavy (non-hydrogen) atoms. The minimum atomic E-state index is -0.0554. The number of anilines is 1. The number of aromatic nitrogens is 1. The molecule has 1 unspecified atom stereocenters. The summed E-state index contributed by atoms with van der Waals surface area (Å²) in [6.07, 6.45) is 2.18. The standard InChI is InChI=1S/C14H22N4O/c1-3-18-6-4-5-12(9-18)17-14(19)11-7-10(2)16-13(15)8-11/h7-8,12H,3-6,9H2,1-2H3,(H2,15,16)(H,17,19). The van der Waals surface area contributed by atoms with Gasteiger partial charge in [-0.3, -0.25) is 4.79 Å². The SMILES string of the molecule is CCN1CCCC(NC(=O)c2cc(C)nc(N)c2)C1. The van der Waals surface area contributed by atoms with Crippen molar-refractivity contribution in [3.63, 3.8) is 0 Å². The Hall–Kier alpha value is -1.62. The molecule has 0 bridgehead atoms. The van der Waals surface area contributed by atoms with Gasteiger partial charge >= 0.3 is 0 Å². The Kier molecular flexibility index (Phi) is 4.37. The number of rotatable bonds is 3. The molecule has 104 valence electrons. The van der Waals surface area contributed by atoms with Crippen LogP contribution < -0.4 is 11.1 Å². The number of nitrogens with two attached hydrogens (primary N) is 1. The van der Waals surface area contributed by atoms with Crippen molar-refractivity contribution >= 4 is 11.7 Å². The van der Waals surface area contributed by atoms with Crippen molar-refractivity contribution in [3.05, 3.63) is 23.4 Å². The number of likely N-dealkylation sites (tertiary alicyclic amines) is 1. The predicted molar refractivity (Wildman–Crippen MR) is 76.0 cm³/mol. The van der Waals surface area contributed by atoms with E-state index >= 15 is 0 Å². The Morgan fingerprint density at radius 3 is 3.05 bits per heavy atom. The van der Waals surface area contributed by atoms with Gasteiger partial charge in [0.15, 0.2) is 0 Å². The topological polar surface area (TPSA) is 71.2 Å². The van der Waals surface area contributed by atoms with Crippen LogP contribution in [-0.4, -0.2) is 41.5 Å². The van der Waals surface area contributed by atoms with E-state index in [2.05, 4.69) is 22.1 Å². The van der Waals surface area contributed by atoms with Crippen LogP contribution >= 0.6 is 0 Å². The van der Waals surface area contributed by atoms with Crippen LogP contribution in [0.4, 0.5) is 5.82 Å². The zero-order valence-corrected chi connectivity index (χ0v) is 11.6. The van der Waals surface area contributed by atoms with E-state index in [0.29, 0.717) is 11.4 Å². The lowest BCUT2D eigenvalue weighted by Crippen LogP contribution is -2.47. The second kappa shape index (κ2) is 6.02. The largest absolute Gasteiger partial charge is 0.384 e. The second-order valence-corrected chi connectivity index (χ2v) is 5.13. The van der Waals surface area contributed by atoms with Gasteiger partial charge in [0.1, 0.15) is 5.82 Å². The number of aryl methyl sites for hydroxylation is 1. The van der Waals surface area contributed by atoms with Crippen molar-refractivity contribution in [2.24, 2.45) is 0 Å². The summed E-state index contributed by atoms with van der Waals surface area (Å²) < 4.78 is 0. The van der Waals surface area contributed by atoms with Gasteiger partial charge < -0.3 is 16.0 Å². The van der Waals surface area contributed by atoms with Crippen molar-refractivity contribution in [2.45, 2.75) is 32.7 Å². The molecule has 1 aromatic rings. The van der Waals surface area contributed by atoms with E-state index in [9.17, 15) is 4.79 Å². The summed E-state index contributed by atoms with van der Waals surface area (Å²) in [5, 5.41) is 3.09. The molecule has 5 nitrogen and oxygen atoms in total. The summed E-state index contributed by atoms with van der Waals surface area (Å²) in [6.45, 7) is 7.09. The molecular weight excluding hydrogens is 240 g/mol. The van der Waals surface area contributed by atoms with Crippen LogP contribution in [0.1, 0.15) is 35.8 Å². The average molecular weight is 262 g/mol. The first-order chi connectivity index (χ1) is 9.08. The molecule has 0 spiro atoms. The number of likely N-dealkylation sites (N-methyl/N-ethyl adjacent to an activating group) is 1. The number of hydrogen-bond acceptors (Lipinski definition) is 4. The van der Waals surface area contributed by atoms with Gasteiger partial charge in [-0.1, -0.05) is 6.92 Å². The van der Waals surface area contributed by atoms with Crippen LogP contribution in [0.25, 0.3) is 0 Å². The number of carbonyl (C=O) groups excluding carboxylic acids is 1. The van der Waals surface area contributed by atoms with Crippen LogP contribution in [0.15, 0.2) is 12.1 Å². The smallest absolute Gasteiger partial charge is 0.251 e. The number of piperidine rings is 1. The highest BCUT2D eigenvalue weighted by molar-refractivity contribution is 5.95. The number of carbonyl (C=O) groups is 1. The third-order valence-electron chi connectivity index (χ3n) is 3.52. The van der Waals surface area contributed by atoms with Crippen LogP contribution in [0.3, 0.4) is 0 Å². The molecule has 1 saturated heterocycles. The first kappa shape index (κ1) is 13.8. The summed E-state index contributed by atoms with van der Waals surface area (Å²) in [5.74, 6) is 0.337. The average Bonchev–Trinajstić information content (AvgIpc) is 2.37. The molecule has 0 saturated carbocycles. The molecule has 2 rings (SSSR count). The molecule has 1 amide bonds. The zero-order valence-electron chi connectivity index (χ0n) is 11.6. The normalized spacial score (nSPS) is 20.2. The molecule has 0 aliphatic carbocycles. The summed E-state index contributed by atoms with van der Waals surface area (Å²) in [7, 11) is 0. The Labute approximate surface area is 114 Å². The van der Waals surface area contributed by atoms with Gasteiger partial charge in [0.25, 0.3) is 5.91 Å². The van der Waals surface area contributed by atoms with E-state index in [4.69, 9.17) is 5.73 Å². The van der Waals surface area contributed by atoms with Gasteiger partial charge in [-0.05, 0) is 45.0 Å². The molecule has 3 N–H and O–H groups in total. The second-order valence-electron chi connectivity index (χ2n) is 5.13. The first-order valence-corrected chi connectivity index (χ1v) is 6.86. The highest BCUT2D eigenvalue weighted by Gasteiger charge is 2.21. The Balaban J connectivity index is 2.00. The summed E-state index contributed by atoms with van der Waals surface area (Å²) in [4.78, 5) is 18.6. The minimum Gasteiger partial charge on any atom is -0.384 e. The predicted octanol–water partition coefficient (Wildman–Crippen LogP) is 1.19. The van der Waals surface area contributed by atoms with E-state index in [1.807, 2.05) is 6.92 Å². The maximum absolute atomic E-state index is 12.2. The fourth-order valence-electron chi connectivity index (χ4n) is 2.55. The molecule has 1 atom stereocenters. The quantitative estimate of drug-likeness (QED) is 0.858. The summed E-state index contributed by atoms with van der Waals surface area (Å²) in [6, 6.07) is 3.63. The van der Waals surface area contributed by atoms with E-state index in [-0.39, 0.29) is 11.9 Å². The van der Waals surface area contributed by atoms with E-state index in [1.165, 1.54) is 0 Å². The number of nitrogens with zero attached hydrogens (tertiary/aromatic N) is 2. The molecular formula is C14H22N4O. The number of amides is 1. The number of nitrogens with one attached hydrogen (secondary N) is 1. The van der Waals surface area contributed by atoms with E-state index in [0.717, 1.165) is 38.2 Å². The van der Waals surface area contributed by atoms with Crippen molar-refractivity contribution in [2.75, 3.05) is 25.4 Å². The number of pyridine rings is 1. The molecule has 1 aliphatic rings. The maximum atomic E-state index is 12.2. The monoisotopic (exact) mass is 262 g/mol. The van der Waals surface area contributed by atoms with Crippen LogP contribution in [0.2, 0.25) is 0 Å². The van der Waals surface area contributed by atoms with Crippen molar-refractivity contribution in [3.8, 4) is 0 Å². The lowest BCUT2D eigenvalue weighted by atomic mass is 10.1. The lowest BCUT2D eigenvalue weighted by Gasteiger charge is -2.32. The number of hydrogen-bond donors (Lipinski definition) is 2. The zero-order chi connectivity index (χ0) is 13.8. The van der Waals surface area contributed by atoms with Gasteiger partial charge in [-0.15, -0.1) is 0 Å².